The number of primary amides is 1. The number of fused-ring (bicyclic) bond motifs is 1. The number of amides is 2. The molecule has 3 N–H and O–H groups in total. The number of nitrogens with two attached hydrogens (primary N) is 1. The summed E-state index contributed by atoms with van der Waals surface area (Å²) in [5, 5.41) is 8.84. The maximum atomic E-state index is 12.6. The highest BCUT2D eigenvalue weighted by molar-refractivity contribution is 7.14. The molecule has 0 aromatic carbocycles. The van der Waals surface area contributed by atoms with Crippen LogP contribution in [-0.4, -0.2) is 22.0 Å². The van der Waals surface area contributed by atoms with E-state index >= 15 is 0 Å². The average Bonchev–Trinajstić information content (AvgIpc) is 3.11. The number of hydrogen-bond acceptors (Lipinski definition) is 6. The lowest BCUT2D eigenvalue weighted by atomic mass is 9.71. The molecule has 0 unspecified atom stereocenters. The first-order valence-electron chi connectivity index (χ1n) is 8.25. The van der Waals surface area contributed by atoms with E-state index in [1.165, 1.54) is 11.3 Å². The van der Waals surface area contributed by atoms with Crippen molar-refractivity contribution in [2.45, 2.75) is 46.5 Å². The van der Waals surface area contributed by atoms with Crippen LogP contribution in [0.3, 0.4) is 0 Å². The fraction of sp³-hybridized carbons (Fsp3) is 0.529. The zero-order chi connectivity index (χ0) is 18.2. The van der Waals surface area contributed by atoms with Crippen LogP contribution < -0.4 is 11.1 Å². The summed E-state index contributed by atoms with van der Waals surface area (Å²) in [7, 11) is 0. The van der Waals surface area contributed by atoms with Gasteiger partial charge in [0.15, 0.2) is 10.8 Å². The highest BCUT2D eigenvalue weighted by atomic mass is 32.1. The van der Waals surface area contributed by atoms with Crippen molar-refractivity contribution in [3.63, 3.8) is 0 Å². The Hall–Kier alpha value is -2.22. The maximum Gasteiger partial charge on any atom is 0.279 e. The quantitative estimate of drug-likeness (QED) is 0.868. The van der Waals surface area contributed by atoms with Gasteiger partial charge >= 0.3 is 0 Å². The van der Waals surface area contributed by atoms with E-state index in [-0.39, 0.29) is 17.7 Å². The zero-order valence-corrected chi connectivity index (χ0v) is 15.4. The summed E-state index contributed by atoms with van der Waals surface area (Å²) >= 11 is 1.25. The number of carbonyl (C=O) groups excluding carboxylic acids is 2. The van der Waals surface area contributed by atoms with Crippen LogP contribution in [0.5, 0.6) is 0 Å². The van der Waals surface area contributed by atoms with Crippen molar-refractivity contribution in [2.75, 3.05) is 5.32 Å². The van der Waals surface area contributed by atoms with Gasteiger partial charge < -0.3 is 10.3 Å². The summed E-state index contributed by atoms with van der Waals surface area (Å²) in [6, 6.07) is 0. The molecule has 2 aromatic rings. The lowest BCUT2D eigenvalue weighted by molar-refractivity contribution is -0.117. The first kappa shape index (κ1) is 17.6. The van der Waals surface area contributed by atoms with Gasteiger partial charge in [0.2, 0.25) is 5.91 Å². The van der Waals surface area contributed by atoms with Crippen LogP contribution in [0.1, 0.15) is 54.7 Å². The Balaban J connectivity index is 1.75. The van der Waals surface area contributed by atoms with Gasteiger partial charge in [0.1, 0.15) is 5.76 Å². The highest BCUT2D eigenvalue weighted by Crippen LogP contribution is 2.38. The number of nitrogens with one attached hydrogen (secondary N) is 1. The first-order chi connectivity index (χ1) is 11.7. The number of aryl methyl sites for hydroxylation is 1. The predicted molar refractivity (Wildman–Crippen MR) is 94.4 cm³/mol. The molecule has 3 rings (SSSR count). The van der Waals surface area contributed by atoms with Gasteiger partial charge in [-0.05, 0) is 24.2 Å². The summed E-state index contributed by atoms with van der Waals surface area (Å²) in [4.78, 5) is 27.7. The molecule has 0 saturated heterocycles. The van der Waals surface area contributed by atoms with Crippen molar-refractivity contribution < 1.29 is 14.1 Å². The van der Waals surface area contributed by atoms with Gasteiger partial charge in [0, 0.05) is 17.4 Å². The third-order valence-electron chi connectivity index (χ3n) is 4.61. The second kappa shape index (κ2) is 6.59. The molecule has 25 heavy (non-hydrogen) atoms. The van der Waals surface area contributed by atoms with Gasteiger partial charge in [-0.25, -0.2) is 4.98 Å². The Labute approximate surface area is 150 Å². The molecule has 0 aliphatic heterocycles. The zero-order valence-electron chi connectivity index (χ0n) is 14.6. The molecule has 7 nitrogen and oxygen atoms in total. The average molecular weight is 362 g/mol. The van der Waals surface area contributed by atoms with E-state index in [0.717, 1.165) is 30.6 Å². The minimum absolute atomic E-state index is 0.0546. The molecule has 1 atom stereocenters. The maximum absolute atomic E-state index is 12.6. The number of thiazole rings is 1. The molecule has 8 heteroatoms. The van der Waals surface area contributed by atoms with Crippen molar-refractivity contribution in [2.24, 2.45) is 17.1 Å². The summed E-state index contributed by atoms with van der Waals surface area (Å²) < 4.78 is 5.38. The van der Waals surface area contributed by atoms with Crippen molar-refractivity contribution >= 4 is 28.3 Å². The smallest absolute Gasteiger partial charge is 0.279 e. The van der Waals surface area contributed by atoms with Crippen LogP contribution in [0.15, 0.2) is 9.90 Å². The Bertz CT molecular complexity index is 803. The summed E-state index contributed by atoms with van der Waals surface area (Å²) in [5.41, 5.74) is 7.09. The van der Waals surface area contributed by atoms with Gasteiger partial charge in [-0.1, -0.05) is 25.9 Å². The van der Waals surface area contributed by atoms with Crippen LogP contribution in [0.4, 0.5) is 5.13 Å². The third kappa shape index (κ3) is 3.89. The Kier molecular flexibility index (Phi) is 4.64. The van der Waals surface area contributed by atoms with Gasteiger partial charge in [-0.15, -0.1) is 11.3 Å². The molecule has 0 fully saturated rings. The van der Waals surface area contributed by atoms with E-state index in [4.69, 9.17) is 10.3 Å². The molecule has 2 aromatic heterocycles. The number of rotatable bonds is 4. The number of carbonyl (C=O) groups is 2. The molecule has 0 radical (unpaired) electrons. The molecule has 1 aliphatic rings. The van der Waals surface area contributed by atoms with Gasteiger partial charge in [-0.3, -0.25) is 14.9 Å². The van der Waals surface area contributed by atoms with Gasteiger partial charge in [0.05, 0.1) is 12.1 Å². The van der Waals surface area contributed by atoms with E-state index in [1.807, 2.05) is 0 Å². The second-order valence-electron chi connectivity index (χ2n) is 7.48. The molecule has 2 amide bonds. The normalized spacial score (nSPS) is 17.2. The minimum Gasteiger partial charge on any atom is -0.369 e. The molecular weight excluding hydrogens is 340 g/mol. The largest absolute Gasteiger partial charge is 0.369 e. The van der Waals surface area contributed by atoms with E-state index in [0.29, 0.717) is 22.4 Å². The van der Waals surface area contributed by atoms with E-state index < -0.39 is 5.91 Å². The van der Waals surface area contributed by atoms with Gasteiger partial charge in [0.25, 0.3) is 5.91 Å². The van der Waals surface area contributed by atoms with Crippen molar-refractivity contribution in [3.8, 4) is 0 Å². The fourth-order valence-electron chi connectivity index (χ4n) is 3.10. The van der Waals surface area contributed by atoms with Crippen molar-refractivity contribution in [1.29, 1.82) is 0 Å². The lowest BCUT2D eigenvalue weighted by Gasteiger charge is -2.33. The third-order valence-corrected chi connectivity index (χ3v) is 5.41. The second-order valence-corrected chi connectivity index (χ2v) is 8.34. The minimum atomic E-state index is -0.457. The lowest BCUT2D eigenvalue weighted by Crippen LogP contribution is -2.27. The van der Waals surface area contributed by atoms with Crippen LogP contribution in [-0.2, 0) is 24.1 Å². The SMILES string of the molecule is CC(C)(C)[C@H]1CCc2onc(C(=O)Nc3nc(CC(N)=O)cs3)c2C1. The fourth-order valence-corrected chi connectivity index (χ4v) is 3.81. The van der Waals surface area contributed by atoms with Crippen LogP contribution in [0, 0.1) is 11.3 Å². The number of anilines is 1. The standard InChI is InChI=1S/C17H22N4O3S/c1-17(2,3)9-4-5-12-11(6-9)14(21-24-12)15(23)20-16-19-10(8-25-16)7-13(18)22/h8-9H,4-7H2,1-3H3,(H2,18,22)(H,19,20,23)/t9-/m0/s1. The summed E-state index contributed by atoms with van der Waals surface area (Å²) in [6.45, 7) is 6.64. The monoisotopic (exact) mass is 362 g/mol. The Morgan fingerprint density at radius 1 is 1.44 bits per heavy atom. The molecule has 0 spiro atoms. The first-order valence-corrected chi connectivity index (χ1v) is 9.13. The van der Waals surface area contributed by atoms with E-state index in [9.17, 15) is 9.59 Å². The molecular formula is C17H22N4O3S. The van der Waals surface area contributed by atoms with E-state index in [2.05, 4.69) is 36.2 Å². The van der Waals surface area contributed by atoms with Crippen LogP contribution >= 0.6 is 11.3 Å². The molecule has 0 bridgehead atoms. The predicted octanol–water partition coefficient (Wildman–Crippen LogP) is 2.56. The molecule has 2 heterocycles. The topological polar surface area (TPSA) is 111 Å². The number of aromatic nitrogens is 2. The summed E-state index contributed by atoms with van der Waals surface area (Å²) in [6.07, 6.45) is 2.68. The van der Waals surface area contributed by atoms with Crippen LogP contribution in [0.2, 0.25) is 0 Å². The van der Waals surface area contributed by atoms with Crippen molar-refractivity contribution in [3.05, 3.63) is 28.1 Å². The Morgan fingerprint density at radius 2 is 2.20 bits per heavy atom. The van der Waals surface area contributed by atoms with E-state index in [1.54, 1.807) is 5.38 Å². The number of hydrogen-bond donors (Lipinski definition) is 2. The van der Waals surface area contributed by atoms with Gasteiger partial charge in [-0.2, -0.15) is 0 Å². The molecule has 0 saturated carbocycles. The van der Waals surface area contributed by atoms with Crippen molar-refractivity contribution in [1.82, 2.24) is 10.1 Å². The highest BCUT2D eigenvalue weighted by Gasteiger charge is 2.34. The Morgan fingerprint density at radius 3 is 2.88 bits per heavy atom. The number of nitrogens with zero attached hydrogens (tertiary/aromatic N) is 2. The summed E-state index contributed by atoms with van der Waals surface area (Å²) in [5.74, 6) is 0.494. The molecule has 134 valence electrons. The molecule has 1 aliphatic carbocycles. The van der Waals surface area contributed by atoms with Crippen LogP contribution in [0.25, 0.3) is 0 Å².